The van der Waals surface area contributed by atoms with E-state index in [4.69, 9.17) is 5.73 Å². The molecule has 0 atom stereocenters. The van der Waals surface area contributed by atoms with Crippen LogP contribution in [0.15, 0.2) is 41.1 Å². The van der Waals surface area contributed by atoms with Crippen molar-refractivity contribution >= 4 is 27.7 Å². The molecule has 0 unspecified atom stereocenters. The first kappa shape index (κ1) is 13.5. The first-order valence-electron chi connectivity index (χ1n) is 5.76. The van der Waals surface area contributed by atoms with Crippen LogP contribution in [0.4, 0.5) is 5.82 Å². The molecule has 2 aromatic heterocycles. The molecule has 6 heteroatoms. The lowest BCUT2D eigenvalue weighted by atomic mass is 10.2. The van der Waals surface area contributed by atoms with Crippen molar-refractivity contribution in [3.8, 4) is 0 Å². The number of nitrogens with one attached hydrogen (secondary N) is 1. The number of nitrogen functional groups attached to an aromatic ring is 1. The minimum Gasteiger partial charge on any atom is -0.383 e. The zero-order valence-electron chi connectivity index (χ0n) is 10.1. The van der Waals surface area contributed by atoms with E-state index in [1.165, 1.54) is 0 Å². The number of anilines is 1. The summed E-state index contributed by atoms with van der Waals surface area (Å²) in [4.78, 5) is 20.0. The van der Waals surface area contributed by atoms with Gasteiger partial charge in [0, 0.05) is 35.5 Å². The van der Waals surface area contributed by atoms with Gasteiger partial charge in [0.05, 0.1) is 5.56 Å². The monoisotopic (exact) mass is 320 g/mol. The maximum absolute atomic E-state index is 11.9. The van der Waals surface area contributed by atoms with Crippen LogP contribution < -0.4 is 11.1 Å². The Morgan fingerprint density at radius 3 is 2.95 bits per heavy atom. The largest absolute Gasteiger partial charge is 0.383 e. The third kappa shape index (κ3) is 3.75. The molecule has 0 aliphatic carbocycles. The SMILES string of the molecule is Nc1ncc(Br)cc1C(=O)NCCc1ccccn1. The average molecular weight is 321 g/mol. The minimum atomic E-state index is -0.234. The molecule has 19 heavy (non-hydrogen) atoms. The number of hydrogen-bond acceptors (Lipinski definition) is 4. The normalized spacial score (nSPS) is 10.2. The average Bonchev–Trinajstić information content (AvgIpc) is 2.42. The fraction of sp³-hybridized carbons (Fsp3) is 0.154. The second kappa shape index (κ2) is 6.29. The molecule has 0 aliphatic heterocycles. The molecular weight excluding hydrogens is 308 g/mol. The smallest absolute Gasteiger partial charge is 0.255 e. The van der Waals surface area contributed by atoms with Gasteiger partial charge in [0.2, 0.25) is 0 Å². The van der Waals surface area contributed by atoms with E-state index in [-0.39, 0.29) is 11.7 Å². The summed E-state index contributed by atoms with van der Waals surface area (Å²) in [5.41, 5.74) is 6.97. The van der Waals surface area contributed by atoms with Gasteiger partial charge in [0.25, 0.3) is 5.91 Å². The van der Waals surface area contributed by atoms with E-state index in [9.17, 15) is 4.79 Å². The summed E-state index contributed by atoms with van der Waals surface area (Å²) in [6, 6.07) is 7.34. The highest BCUT2D eigenvalue weighted by atomic mass is 79.9. The first-order chi connectivity index (χ1) is 9.16. The van der Waals surface area contributed by atoms with Crippen molar-refractivity contribution in [1.82, 2.24) is 15.3 Å². The number of amides is 1. The van der Waals surface area contributed by atoms with E-state index in [0.29, 0.717) is 18.5 Å². The Labute approximate surface area is 119 Å². The molecule has 2 heterocycles. The Kier molecular flexibility index (Phi) is 4.46. The molecule has 0 saturated heterocycles. The van der Waals surface area contributed by atoms with Crippen molar-refractivity contribution in [2.45, 2.75) is 6.42 Å². The van der Waals surface area contributed by atoms with Gasteiger partial charge in [-0.15, -0.1) is 0 Å². The summed E-state index contributed by atoms with van der Waals surface area (Å²) in [5.74, 6) is -0.0132. The first-order valence-corrected chi connectivity index (χ1v) is 6.55. The molecule has 0 saturated carbocycles. The van der Waals surface area contributed by atoms with Crippen LogP contribution in [0.3, 0.4) is 0 Å². The summed E-state index contributed by atoms with van der Waals surface area (Å²) in [6.07, 6.45) is 3.96. The van der Waals surface area contributed by atoms with E-state index in [1.54, 1.807) is 18.5 Å². The molecule has 0 radical (unpaired) electrons. The molecule has 0 fully saturated rings. The lowest BCUT2D eigenvalue weighted by Crippen LogP contribution is -2.27. The van der Waals surface area contributed by atoms with Gasteiger partial charge in [-0.1, -0.05) is 6.07 Å². The number of halogens is 1. The standard InChI is InChI=1S/C13H13BrN4O/c14-9-7-11(12(15)18-8-9)13(19)17-6-4-10-3-1-2-5-16-10/h1-3,5,7-8H,4,6H2,(H2,15,18)(H,17,19). The van der Waals surface area contributed by atoms with E-state index < -0.39 is 0 Å². The van der Waals surface area contributed by atoms with E-state index >= 15 is 0 Å². The number of carbonyl (C=O) groups is 1. The highest BCUT2D eigenvalue weighted by Crippen LogP contribution is 2.15. The topological polar surface area (TPSA) is 80.9 Å². The van der Waals surface area contributed by atoms with Crippen molar-refractivity contribution < 1.29 is 4.79 Å². The fourth-order valence-corrected chi connectivity index (χ4v) is 1.91. The van der Waals surface area contributed by atoms with Crippen LogP contribution in [0.5, 0.6) is 0 Å². The van der Waals surface area contributed by atoms with Crippen molar-refractivity contribution in [2.75, 3.05) is 12.3 Å². The second-order valence-electron chi connectivity index (χ2n) is 3.91. The summed E-state index contributed by atoms with van der Waals surface area (Å²) < 4.78 is 0.719. The zero-order valence-corrected chi connectivity index (χ0v) is 11.7. The Bertz CT molecular complexity index is 574. The van der Waals surface area contributed by atoms with Crippen LogP contribution in [-0.2, 0) is 6.42 Å². The van der Waals surface area contributed by atoms with Gasteiger partial charge < -0.3 is 11.1 Å². The van der Waals surface area contributed by atoms with Crippen LogP contribution in [0.1, 0.15) is 16.1 Å². The van der Waals surface area contributed by atoms with Crippen molar-refractivity contribution in [3.05, 3.63) is 52.4 Å². The van der Waals surface area contributed by atoms with Gasteiger partial charge in [-0.25, -0.2) is 4.98 Å². The minimum absolute atomic E-state index is 0.221. The van der Waals surface area contributed by atoms with Gasteiger partial charge in [-0.3, -0.25) is 9.78 Å². The molecule has 1 amide bonds. The van der Waals surface area contributed by atoms with Crippen LogP contribution in [0.2, 0.25) is 0 Å². The third-order valence-corrected chi connectivity index (χ3v) is 2.96. The number of aromatic nitrogens is 2. The summed E-state index contributed by atoms with van der Waals surface area (Å²) in [5, 5.41) is 2.80. The lowest BCUT2D eigenvalue weighted by molar-refractivity contribution is 0.0954. The predicted molar refractivity (Wildman–Crippen MR) is 76.6 cm³/mol. The second-order valence-corrected chi connectivity index (χ2v) is 4.83. The molecular formula is C13H13BrN4O. The van der Waals surface area contributed by atoms with Gasteiger partial charge in [0.1, 0.15) is 5.82 Å². The molecule has 3 N–H and O–H groups in total. The van der Waals surface area contributed by atoms with Crippen LogP contribution in [0, 0.1) is 0 Å². The Morgan fingerprint density at radius 2 is 2.21 bits per heavy atom. The molecule has 0 bridgehead atoms. The molecule has 0 aromatic carbocycles. The highest BCUT2D eigenvalue weighted by molar-refractivity contribution is 9.10. The van der Waals surface area contributed by atoms with Crippen molar-refractivity contribution in [3.63, 3.8) is 0 Å². The predicted octanol–water partition coefficient (Wildman–Crippen LogP) is 1.79. The molecule has 0 aliphatic rings. The summed E-state index contributed by atoms with van der Waals surface area (Å²) in [7, 11) is 0. The zero-order chi connectivity index (χ0) is 13.7. The van der Waals surface area contributed by atoms with E-state index in [1.807, 2.05) is 18.2 Å². The van der Waals surface area contributed by atoms with Crippen LogP contribution >= 0.6 is 15.9 Å². The van der Waals surface area contributed by atoms with Crippen molar-refractivity contribution in [1.29, 1.82) is 0 Å². The quantitative estimate of drug-likeness (QED) is 0.900. The van der Waals surface area contributed by atoms with Gasteiger partial charge in [-0.05, 0) is 34.1 Å². The lowest BCUT2D eigenvalue weighted by Gasteiger charge is -2.07. The molecule has 5 nitrogen and oxygen atoms in total. The third-order valence-electron chi connectivity index (χ3n) is 2.52. The Morgan fingerprint density at radius 1 is 1.37 bits per heavy atom. The van der Waals surface area contributed by atoms with Crippen molar-refractivity contribution in [2.24, 2.45) is 0 Å². The maximum atomic E-state index is 11.9. The fourth-order valence-electron chi connectivity index (χ4n) is 1.58. The van der Waals surface area contributed by atoms with E-state index in [0.717, 1.165) is 10.2 Å². The number of rotatable bonds is 4. The van der Waals surface area contributed by atoms with E-state index in [2.05, 4.69) is 31.2 Å². The van der Waals surface area contributed by atoms with Crippen LogP contribution in [0.25, 0.3) is 0 Å². The number of nitrogens with two attached hydrogens (primary N) is 1. The highest BCUT2D eigenvalue weighted by Gasteiger charge is 2.10. The van der Waals surface area contributed by atoms with Gasteiger partial charge in [0.15, 0.2) is 0 Å². The maximum Gasteiger partial charge on any atom is 0.255 e. The molecule has 2 aromatic rings. The molecule has 98 valence electrons. The molecule has 0 spiro atoms. The number of nitrogens with zero attached hydrogens (tertiary/aromatic N) is 2. The summed E-state index contributed by atoms with van der Waals surface area (Å²) in [6.45, 7) is 0.502. The number of hydrogen-bond donors (Lipinski definition) is 2. The van der Waals surface area contributed by atoms with Crippen LogP contribution in [-0.4, -0.2) is 22.4 Å². The summed E-state index contributed by atoms with van der Waals surface area (Å²) >= 11 is 3.26. The number of carbonyl (C=O) groups excluding carboxylic acids is 1. The Balaban J connectivity index is 1.93. The number of pyridine rings is 2. The Hall–Kier alpha value is -1.95. The molecule has 2 rings (SSSR count). The van der Waals surface area contributed by atoms with Gasteiger partial charge >= 0.3 is 0 Å². The van der Waals surface area contributed by atoms with Gasteiger partial charge in [-0.2, -0.15) is 0 Å².